The smallest absolute Gasteiger partial charge is 0.333 e. The summed E-state index contributed by atoms with van der Waals surface area (Å²) in [6, 6.07) is -0.721. The molecule has 9 heteroatoms. The first-order valence-corrected chi connectivity index (χ1v) is 8.71. The Labute approximate surface area is 143 Å². The summed E-state index contributed by atoms with van der Waals surface area (Å²) in [4.78, 5) is 36.9. The summed E-state index contributed by atoms with van der Waals surface area (Å²) in [5.41, 5.74) is 0. The Morgan fingerprint density at radius 2 is 1.90 bits per heavy atom. The predicted molar refractivity (Wildman–Crippen MR) is 84.0 cm³/mol. The Bertz CT molecular complexity index is 510. The van der Waals surface area contributed by atoms with Gasteiger partial charge in [-0.15, -0.1) is 11.8 Å². The molecule has 0 N–H and O–H groups in total. The number of ether oxygens (including phenoxy) is 2. The van der Waals surface area contributed by atoms with E-state index in [9.17, 15) is 14.4 Å². The highest BCUT2D eigenvalue weighted by Crippen LogP contribution is 2.60. The molecule has 0 radical (unpaired) electrons. The van der Waals surface area contributed by atoms with Crippen LogP contribution in [0.5, 0.6) is 0 Å². The molecular formula is C12H15Br2NO5S. The lowest BCUT2D eigenvalue weighted by atomic mass is 9.98. The maximum absolute atomic E-state index is 12.3. The summed E-state index contributed by atoms with van der Waals surface area (Å²) in [6.45, 7) is 6.45. The molecule has 2 aliphatic heterocycles. The van der Waals surface area contributed by atoms with Gasteiger partial charge in [-0.05, 0) is 13.8 Å². The molecule has 2 fully saturated rings. The predicted octanol–water partition coefficient (Wildman–Crippen LogP) is 1.99. The number of rotatable bonds is 3. The van der Waals surface area contributed by atoms with Crippen molar-refractivity contribution in [2.75, 3.05) is 0 Å². The Hall–Kier alpha value is -0.280. The summed E-state index contributed by atoms with van der Waals surface area (Å²) in [6.07, 6.45) is -0.982. The second kappa shape index (κ2) is 5.42. The molecule has 0 aromatic carbocycles. The minimum atomic E-state index is -0.982. The third kappa shape index (κ3) is 2.84. The van der Waals surface area contributed by atoms with E-state index < -0.39 is 32.3 Å². The number of hydrogen-bond donors (Lipinski definition) is 0. The monoisotopic (exact) mass is 443 g/mol. The number of esters is 2. The largest absolute Gasteiger partial charge is 0.426 e. The average Bonchev–Trinajstić information content (AvgIpc) is 2.58. The van der Waals surface area contributed by atoms with Crippen LogP contribution in [-0.4, -0.2) is 48.4 Å². The lowest BCUT2D eigenvalue weighted by molar-refractivity contribution is -0.189. The van der Waals surface area contributed by atoms with Crippen molar-refractivity contribution >= 4 is 61.5 Å². The van der Waals surface area contributed by atoms with Crippen LogP contribution >= 0.6 is 43.6 Å². The van der Waals surface area contributed by atoms with Gasteiger partial charge in [0.15, 0.2) is 3.23 Å². The Kier molecular flexibility index (Phi) is 4.41. The van der Waals surface area contributed by atoms with Crippen LogP contribution in [0.1, 0.15) is 27.7 Å². The molecule has 21 heavy (non-hydrogen) atoms. The highest BCUT2D eigenvalue weighted by atomic mass is 79.9. The molecule has 2 heterocycles. The van der Waals surface area contributed by atoms with Crippen molar-refractivity contribution in [3.8, 4) is 0 Å². The van der Waals surface area contributed by atoms with E-state index in [0.29, 0.717) is 0 Å². The summed E-state index contributed by atoms with van der Waals surface area (Å²) in [5.74, 6) is -1.33. The number of thioether (sulfide) groups is 1. The minimum absolute atomic E-state index is 0.193. The van der Waals surface area contributed by atoms with Crippen molar-refractivity contribution in [1.29, 1.82) is 0 Å². The fourth-order valence-corrected chi connectivity index (χ4v) is 5.35. The molecule has 3 atom stereocenters. The van der Waals surface area contributed by atoms with Crippen LogP contribution in [-0.2, 0) is 23.9 Å². The SMILES string of the molecule is CC(=O)OC(C)OC(=O)[C@@H]1N2C(=O)C(Br)(Br)[C@H]2SC1(C)C. The van der Waals surface area contributed by atoms with Gasteiger partial charge in [0.25, 0.3) is 5.91 Å². The van der Waals surface area contributed by atoms with Crippen molar-refractivity contribution < 1.29 is 23.9 Å². The molecule has 6 nitrogen and oxygen atoms in total. The molecule has 2 saturated heterocycles. The lowest BCUT2D eigenvalue weighted by Crippen LogP contribution is -2.68. The quantitative estimate of drug-likeness (QED) is 0.287. The highest BCUT2D eigenvalue weighted by molar-refractivity contribution is 9.26. The van der Waals surface area contributed by atoms with Gasteiger partial charge in [0.2, 0.25) is 6.29 Å². The summed E-state index contributed by atoms with van der Waals surface area (Å²) in [5, 5.41) is -0.193. The van der Waals surface area contributed by atoms with Crippen LogP contribution in [0.4, 0.5) is 0 Å². The average molecular weight is 445 g/mol. The van der Waals surface area contributed by atoms with E-state index in [4.69, 9.17) is 9.47 Å². The number of alkyl halides is 2. The van der Waals surface area contributed by atoms with Crippen molar-refractivity contribution in [3.05, 3.63) is 0 Å². The fraction of sp³-hybridized carbons (Fsp3) is 0.750. The third-order valence-electron chi connectivity index (χ3n) is 3.27. The van der Waals surface area contributed by atoms with Gasteiger partial charge in [-0.2, -0.15) is 0 Å². The first-order chi connectivity index (χ1) is 9.48. The van der Waals surface area contributed by atoms with Crippen LogP contribution in [0.3, 0.4) is 0 Å². The molecule has 0 saturated carbocycles. The standard InChI is InChI=1S/C12H15Br2NO5S/c1-5(16)19-6(2)20-8(17)7-11(3,4)21-10-12(13,14)9(18)15(7)10/h6-7,10H,1-4H3/t6?,7-,10+/m0/s1. The number of carbonyl (C=O) groups excluding carboxylic acids is 3. The number of fused-ring (bicyclic) bond motifs is 1. The molecule has 0 aliphatic carbocycles. The molecule has 1 unspecified atom stereocenters. The van der Waals surface area contributed by atoms with Gasteiger partial charge in [0.05, 0.1) is 0 Å². The number of carbonyl (C=O) groups is 3. The molecule has 2 rings (SSSR count). The van der Waals surface area contributed by atoms with Crippen molar-refractivity contribution in [2.24, 2.45) is 0 Å². The maximum atomic E-state index is 12.3. The molecule has 0 aromatic heterocycles. The van der Waals surface area contributed by atoms with Gasteiger partial charge in [-0.3, -0.25) is 9.59 Å². The topological polar surface area (TPSA) is 72.9 Å². The third-order valence-corrected chi connectivity index (χ3v) is 7.06. The normalized spacial score (nSPS) is 30.2. The van der Waals surface area contributed by atoms with Crippen molar-refractivity contribution in [1.82, 2.24) is 4.90 Å². The van der Waals surface area contributed by atoms with Gasteiger partial charge >= 0.3 is 11.9 Å². The van der Waals surface area contributed by atoms with E-state index in [1.54, 1.807) is 0 Å². The molecular weight excluding hydrogens is 430 g/mol. The van der Waals surface area contributed by atoms with Crippen LogP contribution in [0.15, 0.2) is 0 Å². The molecule has 0 aromatic rings. The Morgan fingerprint density at radius 1 is 1.33 bits per heavy atom. The number of halogens is 2. The van der Waals surface area contributed by atoms with Gasteiger partial charge in [0, 0.05) is 18.6 Å². The molecule has 2 aliphatic rings. The van der Waals surface area contributed by atoms with E-state index in [0.717, 1.165) is 0 Å². The second-order valence-electron chi connectivity index (χ2n) is 5.43. The van der Waals surface area contributed by atoms with Crippen molar-refractivity contribution in [3.63, 3.8) is 0 Å². The second-order valence-corrected chi connectivity index (χ2v) is 10.7. The summed E-state index contributed by atoms with van der Waals surface area (Å²) < 4.78 is 8.58. The zero-order valence-corrected chi connectivity index (χ0v) is 15.9. The molecule has 118 valence electrons. The van der Waals surface area contributed by atoms with E-state index >= 15 is 0 Å². The molecule has 1 amide bonds. The van der Waals surface area contributed by atoms with Crippen LogP contribution in [0.2, 0.25) is 0 Å². The first-order valence-electron chi connectivity index (χ1n) is 6.24. The van der Waals surface area contributed by atoms with E-state index in [1.807, 2.05) is 13.8 Å². The van der Waals surface area contributed by atoms with E-state index in [-0.39, 0.29) is 11.3 Å². The Balaban J connectivity index is 2.13. The number of amides is 1. The zero-order valence-electron chi connectivity index (χ0n) is 11.9. The zero-order chi connectivity index (χ0) is 16.2. The highest BCUT2D eigenvalue weighted by Gasteiger charge is 2.70. The Morgan fingerprint density at radius 3 is 2.43 bits per heavy atom. The lowest BCUT2D eigenvalue weighted by Gasteiger charge is -2.46. The van der Waals surface area contributed by atoms with Gasteiger partial charge in [0.1, 0.15) is 11.4 Å². The number of hydrogen-bond acceptors (Lipinski definition) is 6. The van der Waals surface area contributed by atoms with Crippen molar-refractivity contribution in [2.45, 2.75) is 53.4 Å². The first kappa shape index (κ1) is 17.1. The van der Waals surface area contributed by atoms with Gasteiger partial charge in [-0.1, -0.05) is 31.9 Å². The van der Waals surface area contributed by atoms with Gasteiger partial charge in [-0.25, -0.2) is 4.79 Å². The number of nitrogens with zero attached hydrogens (tertiary/aromatic N) is 1. The van der Waals surface area contributed by atoms with Crippen LogP contribution < -0.4 is 0 Å². The fourth-order valence-electron chi connectivity index (χ4n) is 2.45. The minimum Gasteiger partial charge on any atom is -0.426 e. The molecule has 0 spiro atoms. The maximum Gasteiger partial charge on any atom is 0.333 e. The van der Waals surface area contributed by atoms with Crippen LogP contribution in [0.25, 0.3) is 0 Å². The molecule has 0 bridgehead atoms. The summed E-state index contributed by atoms with van der Waals surface area (Å²) >= 11 is 8.17. The van der Waals surface area contributed by atoms with Crippen LogP contribution in [0, 0.1) is 0 Å². The van der Waals surface area contributed by atoms with Gasteiger partial charge < -0.3 is 14.4 Å². The van der Waals surface area contributed by atoms with E-state index in [1.165, 1.54) is 30.5 Å². The number of β-lactam (4-membered cyclic amide) rings is 1. The van der Waals surface area contributed by atoms with E-state index in [2.05, 4.69) is 31.9 Å². The summed E-state index contributed by atoms with van der Waals surface area (Å²) in [7, 11) is 0.